The number of esters is 1. The monoisotopic (exact) mass is 561 g/mol. The zero-order chi connectivity index (χ0) is 29.2. The molecule has 1 saturated heterocycles. The predicted octanol–water partition coefficient (Wildman–Crippen LogP) is 0.229. The third-order valence-electron chi connectivity index (χ3n) is 5.92. The van der Waals surface area contributed by atoms with Crippen LogP contribution in [0, 0.1) is 0 Å². The summed E-state index contributed by atoms with van der Waals surface area (Å²) in [7, 11) is 0. The molecule has 14 nitrogen and oxygen atoms in total. The van der Waals surface area contributed by atoms with Gasteiger partial charge in [0.05, 0.1) is 11.8 Å². The Balaban J connectivity index is 1.54. The van der Waals surface area contributed by atoms with Gasteiger partial charge in [0.1, 0.15) is 12.4 Å². The van der Waals surface area contributed by atoms with Crippen LogP contribution in [0.3, 0.4) is 0 Å². The van der Waals surface area contributed by atoms with E-state index in [0.29, 0.717) is 5.56 Å². The maximum absolute atomic E-state index is 12.6. The van der Waals surface area contributed by atoms with Crippen LogP contribution in [-0.2, 0) is 44.8 Å². The number of nitrogens with one attached hydrogen (secondary N) is 2. The summed E-state index contributed by atoms with van der Waals surface area (Å²) in [5.74, 6) is -3.29. The van der Waals surface area contributed by atoms with Crippen molar-refractivity contribution in [1.29, 1.82) is 0 Å². The summed E-state index contributed by atoms with van der Waals surface area (Å²) in [6.07, 6.45) is -0.833. The van der Waals surface area contributed by atoms with Crippen LogP contribution < -0.4 is 15.4 Å². The zero-order valence-corrected chi connectivity index (χ0v) is 21.8. The number of carboxylic acid groups (broad SMARTS) is 1. The number of carbonyl (C=O) groups is 6. The van der Waals surface area contributed by atoms with Gasteiger partial charge in [-0.15, -0.1) is 0 Å². The Morgan fingerprint density at radius 2 is 1.80 bits per heavy atom. The molecule has 1 aromatic rings. The fraction of sp³-hybridized carbons (Fsp3) is 0.462. The van der Waals surface area contributed by atoms with Crippen LogP contribution >= 0.6 is 0 Å². The van der Waals surface area contributed by atoms with Crippen LogP contribution in [0.2, 0.25) is 0 Å². The number of hydrogen-bond donors (Lipinski definition) is 4. The molecule has 4 N–H and O–H groups in total. The SMILES string of the molecule is CC(=O)OCc1ccc(O[C@H]2C[C@@H](O)CC(C(=O)O)O2)c(NC(=O)CCNC(=O)CCCN2C(=O)C=CC2=O)c1. The molecule has 3 atom stereocenters. The van der Waals surface area contributed by atoms with Crippen LogP contribution in [0.1, 0.15) is 44.6 Å². The van der Waals surface area contributed by atoms with Gasteiger partial charge < -0.3 is 35.1 Å². The standard InChI is InChI=1S/C26H31N3O11/c1-15(30)38-14-16-4-5-19(39-25-13-17(31)12-20(40-25)26(36)37)18(11-16)28-22(33)8-9-27-21(32)3-2-10-29-23(34)6-7-24(29)35/h4-7,11,17,20,25,31H,2-3,8-10,12-14H2,1H3,(H,27,32)(H,28,33)(H,36,37)/t17-,20?,25+/m0/s1. The minimum Gasteiger partial charge on any atom is -0.479 e. The minimum atomic E-state index is -1.26. The number of aliphatic hydroxyl groups is 1. The molecule has 0 bridgehead atoms. The lowest BCUT2D eigenvalue weighted by Gasteiger charge is -2.31. The van der Waals surface area contributed by atoms with Gasteiger partial charge in [0, 0.05) is 57.8 Å². The van der Waals surface area contributed by atoms with Gasteiger partial charge in [0.25, 0.3) is 11.8 Å². The molecule has 1 unspecified atom stereocenters. The Morgan fingerprint density at radius 1 is 1.07 bits per heavy atom. The summed E-state index contributed by atoms with van der Waals surface area (Å²) in [6, 6.07) is 4.58. The second kappa shape index (κ2) is 14.2. The third kappa shape index (κ3) is 9.17. The van der Waals surface area contributed by atoms with Crippen LogP contribution in [0.25, 0.3) is 0 Å². The van der Waals surface area contributed by atoms with Gasteiger partial charge in [-0.1, -0.05) is 6.07 Å². The number of carbonyl (C=O) groups excluding carboxylic acids is 5. The minimum absolute atomic E-state index is 0.00892. The molecule has 0 radical (unpaired) electrons. The van der Waals surface area contributed by atoms with Crippen molar-refractivity contribution < 1.29 is 53.2 Å². The van der Waals surface area contributed by atoms with Crippen molar-refractivity contribution in [2.75, 3.05) is 18.4 Å². The molecule has 0 aromatic heterocycles. The van der Waals surface area contributed by atoms with Crippen molar-refractivity contribution in [2.45, 2.75) is 64.1 Å². The second-order valence-electron chi connectivity index (χ2n) is 9.16. The molecule has 0 spiro atoms. The number of anilines is 1. The quantitative estimate of drug-likeness (QED) is 0.190. The van der Waals surface area contributed by atoms with Crippen molar-refractivity contribution in [3.8, 4) is 5.75 Å². The van der Waals surface area contributed by atoms with E-state index in [0.717, 1.165) is 4.90 Å². The van der Waals surface area contributed by atoms with Gasteiger partial charge in [-0.3, -0.25) is 28.9 Å². The molecule has 2 heterocycles. The van der Waals surface area contributed by atoms with E-state index >= 15 is 0 Å². The fourth-order valence-corrected chi connectivity index (χ4v) is 3.95. The number of benzene rings is 1. The Labute approximate surface area is 229 Å². The number of ether oxygens (including phenoxy) is 3. The highest BCUT2D eigenvalue weighted by Crippen LogP contribution is 2.30. The van der Waals surface area contributed by atoms with Crippen LogP contribution in [0.15, 0.2) is 30.4 Å². The van der Waals surface area contributed by atoms with E-state index in [9.17, 15) is 39.0 Å². The molecule has 14 heteroatoms. The van der Waals surface area contributed by atoms with E-state index < -0.39 is 48.2 Å². The van der Waals surface area contributed by atoms with Crippen molar-refractivity contribution in [2.24, 2.45) is 0 Å². The Kier molecular flexibility index (Phi) is 10.7. The lowest BCUT2D eigenvalue weighted by atomic mass is 10.1. The molecule has 40 heavy (non-hydrogen) atoms. The van der Waals surface area contributed by atoms with Gasteiger partial charge in [0.15, 0.2) is 6.10 Å². The Morgan fingerprint density at radius 3 is 2.48 bits per heavy atom. The highest BCUT2D eigenvalue weighted by Gasteiger charge is 2.34. The third-order valence-corrected chi connectivity index (χ3v) is 5.92. The molecule has 0 saturated carbocycles. The first-order valence-corrected chi connectivity index (χ1v) is 12.6. The average Bonchev–Trinajstić information content (AvgIpc) is 3.20. The van der Waals surface area contributed by atoms with Gasteiger partial charge >= 0.3 is 11.9 Å². The molecule has 4 amide bonds. The van der Waals surface area contributed by atoms with E-state index in [4.69, 9.17) is 14.2 Å². The molecule has 2 aliphatic rings. The Hall–Kier alpha value is -4.30. The molecule has 1 aromatic carbocycles. The van der Waals surface area contributed by atoms with E-state index in [2.05, 4.69) is 10.6 Å². The van der Waals surface area contributed by atoms with E-state index in [-0.39, 0.29) is 69.1 Å². The van der Waals surface area contributed by atoms with E-state index in [1.807, 2.05) is 0 Å². The predicted molar refractivity (Wildman–Crippen MR) is 135 cm³/mol. The second-order valence-corrected chi connectivity index (χ2v) is 9.16. The lowest BCUT2D eigenvalue weighted by Crippen LogP contribution is -2.42. The maximum atomic E-state index is 12.6. The number of nitrogens with zero attached hydrogens (tertiary/aromatic N) is 1. The van der Waals surface area contributed by atoms with Gasteiger partial charge in [-0.05, 0) is 24.1 Å². The normalized spacial score (nSPS) is 20.2. The first kappa shape index (κ1) is 30.2. The number of amides is 4. The smallest absolute Gasteiger partial charge is 0.333 e. The maximum Gasteiger partial charge on any atom is 0.333 e. The molecule has 3 rings (SSSR count). The fourth-order valence-electron chi connectivity index (χ4n) is 3.95. The van der Waals surface area contributed by atoms with Crippen molar-refractivity contribution in [3.63, 3.8) is 0 Å². The molecular weight excluding hydrogens is 530 g/mol. The number of aliphatic carboxylic acids is 1. The van der Waals surface area contributed by atoms with Gasteiger partial charge in [0.2, 0.25) is 18.1 Å². The summed E-state index contributed by atoms with van der Waals surface area (Å²) in [4.78, 5) is 71.3. The summed E-state index contributed by atoms with van der Waals surface area (Å²) < 4.78 is 16.2. The van der Waals surface area contributed by atoms with E-state index in [1.54, 1.807) is 6.07 Å². The Bertz CT molecular complexity index is 1160. The van der Waals surface area contributed by atoms with Crippen LogP contribution in [0.5, 0.6) is 5.75 Å². The van der Waals surface area contributed by atoms with Crippen LogP contribution in [-0.4, -0.2) is 82.3 Å². The van der Waals surface area contributed by atoms with Gasteiger partial charge in [-0.25, -0.2) is 4.79 Å². The topological polar surface area (TPSA) is 198 Å². The molecule has 1 fully saturated rings. The van der Waals surface area contributed by atoms with Gasteiger partial charge in [-0.2, -0.15) is 0 Å². The van der Waals surface area contributed by atoms with Crippen LogP contribution in [0.4, 0.5) is 5.69 Å². The molecule has 2 aliphatic heterocycles. The highest BCUT2D eigenvalue weighted by atomic mass is 16.7. The summed E-state index contributed by atoms with van der Waals surface area (Å²) in [5.41, 5.74) is 0.717. The first-order valence-electron chi connectivity index (χ1n) is 12.6. The van der Waals surface area contributed by atoms with Crippen molar-refractivity contribution in [1.82, 2.24) is 10.2 Å². The molecule has 0 aliphatic carbocycles. The number of imide groups is 1. The van der Waals surface area contributed by atoms with E-state index in [1.165, 1.54) is 31.2 Å². The summed E-state index contributed by atoms with van der Waals surface area (Å²) in [6.45, 7) is 1.30. The number of rotatable bonds is 13. The first-order chi connectivity index (χ1) is 19.0. The largest absolute Gasteiger partial charge is 0.479 e. The summed E-state index contributed by atoms with van der Waals surface area (Å²) in [5, 5.41) is 24.5. The highest BCUT2D eigenvalue weighted by molar-refractivity contribution is 6.12. The van der Waals surface area contributed by atoms with Crippen molar-refractivity contribution in [3.05, 3.63) is 35.9 Å². The lowest BCUT2D eigenvalue weighted by molar-refractivity contribution is -0.195. The summed E-state index contributed by atoms with van der Waals surface area (Å²) >= 11 is 0. The molecular formula is C26H31N3O11. The zero-order valence-electron chi connectivity index (χ0n) is 21.8. The number of aliphatic hydroxyl groups excluding tert-OH is 1. The number of hydrogen-bond acceptors (Lipinski definition) is 10. The van der Waals surface area contributed by atoms with Crippen molar-refractivity contribution >= 4 is 41.3 Å². The average molecular weight is 562 g/mol. The number of carboxylic acids is 1. The molecule has 216 valence electrons.